The van der Waals surface area contributed by atoms with E-state index >= 15 is 0 Å². The highest BCUT2D eigenvalue weighted by Crippen LogP contribution is 2.37. The van der Waals surface area contributed by atoms with Crippen molar-refractivity contribution in [3.63, 3.8) is 0 Å². The second-order valence-electron chi connectivity index (χ2n) is 5.44. The van der Waals surface area contributed by atoms with Crippen LogP contribution in [0.2, 0.25) is 18.1 Å². The topological polar surface area (TPSA) is 17.1 Å². The van der Waals surface area contributed by atoms with Crippen LogP contribution in [0.5, 0.6) is 0 Å². The van der Waals surface area contributed by atoms with Crippen LogP contribution in [0.1, 0.15) is 40.0 Å². The number of carbonyl (C=O) groups is 1. The number of hydrogen-bond donors (Lipinski definition) is 0. The van der Waals surface area contributed by atoms with Crippen LogP contribution >= 0.6 is 15.9 Å². The maximum atomic E-state index is 12.0. The first-order valence-electron chi connectivity index (χ1n) is 5.32. The first-order chi connectivity index (χ1) is 6.23. The fourth-order valence-corrected chi connectivity index (χ4v) is 3.15. The maximum Gasteiger partial charge on any atom is 0.132 e. The molecule has 0 fully saturated rings. The zero-order valence-electron chi connectivity index (χ0n) is 10.1. The lowest BCUT2D eigenvalue weighted by molar-refractivity contribution is -0.113. The van der Waals surface area contributed by atoms with E-state index in [1.807, 2.05) is 0 Å². The highest BCUT2D eigenvalue weighted by atomic mass is 79.9. The van der Waals surface area contributed by atoms with Gasteiger partial charge in [-0.05, 0) is 17.9 Å². The Morgan fingerprint density at radius 2 is 1.71 bits per heavy atom. The largest absolute Gasteiger partial charge is 0.305 e. The molecule has 14 heavy (non-hydrogen) atoms. The van der Waals surface area contributed by atoms with Crippen molar-refractivity contribution in [2.75, 3.05) is 5.33 Å². The van der Waals surface area contributed by atoms with Crippen molar-refractivity contribution in [1.29, 1.82) is 0 Å². The van der Waals surface area contributed by atoms with Crippen molar-refractivity contribution in [3.05, 3.63) is 0 Å². The lowest BCUT2D eigenvalue weighted by Gasteiger charge is -2.35. The second kappa shape index (κ2) is 5.45. The van der Waals surface area contributed by atoms with Crippen molar-refractivity contribution in [2.45, 2.75) is 58.2 Å². The van der Waals surface area contributed by atoms with Crippen LogP contribution in [0.4, 0.5) is 0 Å². The van der Waals surface area contributed by atoms with Gasteiger partial charge < -0.3 is 4.79 Å². The summed E-state index contributed by atoms with van der Waals surface area (Å²) in [5.41, 5.74) is 0. The van der Waals surface area contributed by atoms with Gasteiger partial charge in [0.2, 0.25) is 0 Å². The van der Waals surface area contributed by atoms with Gasteiger partial charge in [0.05, 0.1) is 0 Å². The molecule has 84 valence electrons. The molecule has 0 unspecified atom stereocenters. The van der Waals surface area contributed by atoms with Gasteiger partial charge in [-0.1, -0.05) is 49.8 Å². The van der Waals surface area contributed by atoms with Gasteiger partial charge in [-0.2, -0.15) is 0 Å². The molecule has 0 spiro atoms. The van der Waals surface area contributed by atoms with Crippen LogP contribution in [0.3, 0.4) is 0 Å². The predicted molar refractivity (Wildman–Crippen MR) is 69.8 cm³/mol. The Hall–Kier alpha value is 0.367. The SMILES string of the molecule is CC(C)(C)[Si](C)(C)C(=O)CCCCBr. The molecule has 0 N–H and O–H groups in total. The number of carbonyl (C=O) groups excluding carboxylic acids is 1. The van der Waals surface area contributed by atoms with Crippen molar-refractivity contribution >= 4 is 29.4 Å². The normalized spacial score (nSPS) is 13.0. The van der Waals surface area contributed by atoms with E-state index in [2.05, 4.69) is 49.8 Å². The van der Waals surface area contributed by atoms with Gasteiger partial charge in [0.1, 0.15) is 13.5 Å². The van der Waals surface area contributed by atoms with Gasteiger partial charge in [0, 0.05) is 11.8 Å². The van der Waals surface area contributed by atoms with Crippen molar-refractivity contribution < 1.29 is 4.79 Å². The van der Waals surface area contributed by atoms with E-state index in [9.17, 15) is 4.79 Å². The minimum Gasteiger partial charge on any atom is -0.305 e. The average molecular weight is 279 g/mol. The standard InChI is InChI=1S/C11H23BrOSi/c1-11(2,3)14(4,5)10(13)8-6-7-9-12/h6-9H2,1-5H3. The molecule has 0 aliphatic heterocycles. The third-order valence-electron chi connectivity index (χ3n) is 3.36. The highest BCUT2D eigenvalue weighted by Gasteiger charge is 2.41. The summed E-state index contributed by atoms with van der Waals surface area (Å²) in [6, 6.07) is 0. The average Bonchev–Trinajstić information content (AvgIpc) is 2.02. The van der Waals surface area contributed by atoms with E-state index in [0.29, 0.717) is 5.41 Å². The molecule has 0 rings (SSSR count). The van der Waals surface area contributed by atoms with E-state index in [1.165, 1.54) is 0 Å². The van der Waals surface area contributed by atoms with Gasteiger partial charge in [-0.25, -0.2) is 0 Å². The van der Waals surface area contributed by atoms with E-state index in [4.69, 9.17) is 0 Å². The van der Waals surface area contributed by atoms with Crippen LogP contribution < -0.4 is 0 Å². The molecule has 0 saturated heterocycles. The molecule has 0 bridgehead atoms. The summed E-state index contributed by atoms with van der Waals surface area (Å²) in [5, 5.41) is 1.74. The Morgan fingerprint density at radius 3 is 2.07 bits per heavy atom. The zero-order chi connectivity index (χ0) is 11.4. The molecule has 3 heteroatoms. The second-order valence-corrected chi connectivity index (χ2v) is 11.5. The molecule has 0 saturated carbocycles. The summed E-state index contributed by atoms with van der Waals surface area (Å²) < 4.78 is 0. The number of halogens is 1. The Morgan fingerprint density at radius 1 is 1.21 bits per heavy atom. The molecular weight excluding hydrogens is 256 g/mol. The zero-order valence-corrected chi connectivity index (χ0v) is 12.7. The Balaban J connectivity index is 4.23. The molecule has 0 aliphatic carbocycles. The summed E-state index contributed by atoms with van der Waals surface area (Å²) in [5.74, 6) is 0. The van der Waals surface area contributed by atoms with Crippen molar-refractivity contribution in [2.24, 2.45) is 0 Å². The molecule has 1 nitrogen and oxygen atoms in total. The van der Waals surface area contributed by atoms with Gasteiger partial charge in [-0.15, -0.1) is 0 Å². The van der Waals surface area contributed by atoms with Gasteiger partial charge in [0.15, 0.2) is 0 Å². The van der Waals surface area contributed by atoms with Gasteiger partial charge >= 0.3 is 0 Å². The number of unbranched alkanes of at least 4 members (excludes halogenated alkanes) is 1. The summed E-state index contributed by atoms with van der Waals surface area (Å²) in [6.07, 6.45) is 2.93. The summed E-state index contributed by atoms with van der Waals surface area (Å²) in [4.78, 5) is 12.0. The molecule has 0 aromatic carbocycles. The summed E-state index contributed by atoms with van der Waals surface area (Å²) >= 11 is 3.39. The van der Waals surface area contributed by atoms with Crippen LogP contribution in [0.15, 0.2) is 0 Å². The fraction of sp³-hybridized carbons (Fsp3) is 0.909. The minimum atomic E-state index is -1.71. The molecule has 0 aromatic heterocycles. The lowest BCUT2D eigenvalue weighted by Crippen LogP contribution is -2.46. The van der Waals surface area contributed by atoms with E-state index in [1.54, 1.807) is 0 Å². The number of rotatable bonds is 5. The molecule has 0 aliphatic rings. The third-order valence-corrected chi connectivity index (χ3v) is 9.31. The predicted octanol–water partition coefficient (Wildman–Crippen LogP) is 4.17. The van der Waals surface area contributed by atoms with Crippen molar-refractivity contribution in [1.82, 2.24) is 0 Å². The maximum absolute atomic E-state index is 12.0. The summed E-state index contributed by atoms with van der Waals surface area (Å²) in [7, 11) is -1.71. The van der Waals surface area contributed by atoms with E-state index < -0.39 is 8.07 Å². The van der Waals surface area contributed by atoms with E-state index in [-0.39, 0.29) is 5.04 Å². The highest BCUT2D eigenvalue weighted by molar-refractivity contribution is 9.09. The van der Waals surface area contributed by atoms with Gasteiger partial charge in [0.25, 0.3) is 0 Å². The Bertz CT molecular complexity index is 194. The number of hydrogen-bond acceptors (Lipinski definition) is 1. The first kappa shape index (κ1) is 14.4. The van der Waals surface area contributed by atoms with Crippen molar-refractivity contribution in [3.8, 4) is 0 Å². The van der Waals surface area contributed by atoms with Gasteiger partial charge in [-0.3, -0.25) is 0 Å². The van der Waals surface area contributed by atoms with E-state index in [0.717, 1.165) is 24.6 Å². The quantitative estimate of drug-likeness (QED) is 0.419. The molecule has 0 heterocycles. The monoisotopic (exact) mass is 278 g/mol. The van der Waals surface area contributed by atoms with Crippen LogP contribution in [-0.2, 0) is 4.79 Å². The molecule has 0 atom stereocenters. The molecule has 0 aromatic rings. The fourth-order valence-electron chi connectivity index (χ4n) is 1.11. The molecule has 0 amide bonds. The van der Waals surface area contributed by atoms with Crippen LogP contribution in [0, 0.1) is 0 Å². The minimum absolute atomic E-state index is 0.193. The third kappa shape index (κ3) is 3.85. The first-order valence-corrected chi connectivity index (χ1v) is 9.45. The number of alkyl halides is 1. The Kier molecular flexibility index (Phi) is 5.59. The lowest BCUT2D eigenvalue weighted by atomic mass is 10.2. The molecule has 0 radical (unpaired) electrons. The van der Waals surface area contributed by atoms with Crippen LogP contribution in [0.25, 0.3) is 0 Å². The molecular formula is C11H23BrOSi. The smallest absolute Gasteiger partial charge is 0.132 e. The Labute approximate surface area is 97.8 Å². The van der Waals surface area contributed by atoms with Crippen LogP contribution in [-0.4, -0.2) is 18.8 Å². The summed E-state index contributed by atoms with van der Waals surface area (Å²) in [6.45, 7) is 11.0.